The summed E-state index contributed by atoms with van der Waals surface area (Å²) >= 11 is 0. The molecule has 0 atom stereocenters. The van der Waals surface area contributed by atoms with Crippen LogP contribution in [0.4, 0.5) is 15.8 Å². The van der Waals surface area contributed by atoms with Crippen molar-refractivity contribution in [2.24, 2.45) is 0 Å². The summed E-state index contributed by atoms with van der Waals surface area (Å²) in [6.45, 7) is 4.11. The zero-order chi connectivity index (χ0) is 25.7. The molecule has 0 spiro atoms. The number of piperidine rings is 1. The molecule has 10 nitrogen and oxygen atoms in total. The highest BCUT2D eigenvalue weighted by Gasteiger charge is 2.37. The Morgan fingerprint density at radius 1 is 1.14 bits per heavy atom. The van der Waals surface area contributed by atoms with Crippen molar-refractivity contribution in [1.82, 2.24) is 29.7 Å². The number of alkyl halides is 1. The Labute approximate surface area is 213 Å². The standard InChI is InChI=1S/C26H29FN8O2/c1-17(36)34(16-26(27)9-11-32(2)12-10-26)20-6-4-5-18-7-8-19(29-22(18)20)24-30-31-25-23-21(15-28-35(24)25)33(3)13-14-37-23/h4-8,15H,9-14,16H2,1-3H3. The van der Waals surface area contributed by atoms with Crippen LogP contribution in [0.15, 0.2) is 36.5 Å². The molecule has 3 aromatic heterocycles. The molecular weight excluding hydrogens is 475 g/mol. The summed E-state index contributed by atoms with van der Waals surface area (Å²) in [5, 5.41) is 14.1. The molecule has 37 heavy (non-hydrogen) atoms. The van der Waals surface area contributed by atoms with E-state index in [-0.39, 0.29) is 12.5 Å². The number of rotatable bonds is 4. The first-order valence-corrected chi connectivity index (χ1v) is 12.5. The van der Waals surface area contributed by atoms with Gasteiger partial charge < -0.3 is 19.4 Å². The second-order valence-corrected chi connectivity index (χ2v) is 9.99. The third kappa shape index (κ3) is 4.12. The molecule has 1 saturated heterocycles. The van der Waals surface area contributed by atoms with Crippen molar-refractivity contribution in [3.63, 3.8) is 0 Å². The van der Waals surface area contributed by atoms with Gasteiger partial charge in [-0.3, -0.25) is 4.79 Å². The number of halogens is 1. The fourth-order valence-electron chi connectivity index (χ4n) is 5.09. The first kappa shape index (κ1) is 23.5. The van der Waals surface area contributed by atoms with Crippen LogP contribution in [0.2, 0.25) is 0 Å². The average Bonchev–Trinajstić information content (AvgIpc) is 3.34. The summed E-state index contributed by atoms with van der Waals surface area (Å²) in [7, 11) is 3.97. The molecule has 0 unspecified atom stereocenters. The van der Waals surface area contributed by atoms with E-state index in [9.17, 15) is 4.79 Å². The summed E-state index contributed by atoms with van der Waals surface area (Å²) in [6.07, 6.45) is 2.51. The highest BCUT2D eigenvalue weighted by atomic mass is 19.1. The summed E-state index contributed by atoms with van der Waals surface area (Å²) in [5.41, 5.74) is 1.64. The van der Waals surface area contributed by atoms with Crippen molar-refractivity contribution in [3.8, 4) is 17.3 Å². The number of nitrogens with zero attached hydrogens (tertiary/aromatic N) is 8. The Balaban J connectivity index is 1.42. The van der Waals surface area contributed by atoms with E-state index in [2.05, 4.69) is 25.1 Å². The lowest BCUT2D eigenvalue weighted by atomic mass is 9.92. The molecule has 11 heteroatoms. The molecule has 1 fully saturated rings. The van der Waals surface area contributed by atoms with Gasteiger partial charge in [-0.25, -0.2) is 9.37 Å². The van der Waals surface area contributed by atoms with Gasteiger partial charge in [0.25, 0.3) is 0 Å². The van der Waals surface area contributed by atoms with Crippen LogP contribution in [-0.4, -0.2) is 88.2 Å². The van der Waals surface area contributed by atoms with Crippen molar-refractivity contribution in [1.29, 1.82) is 0 Å². The van der Waals surface area contributed by atoms with Crippen LogP contribution in [0, 0.1) is 0 Å². The van der Waals surface area contributed by atoms with Crippen molar-refractivity contribution >= 4 is 33.8 Å². The van der Waals surface area contributed by atoms with Crippen molar-refractivity contribution in [2.45, 2.75) is 25.4 Å². The number of fused-ring (bicyclic) bond motifs is 4. The van der Waals surface area contributed by atoms with Gasteiger partial charge in [0.1, 0.15) is 23.7 Å². The Morgan fingerprint density at radius 2 is 1.95 bits per heavy atom. The highest BCUT2D eigenvalue weighted by Crippen LogP contribution is 2.36. The van der Waals surface area contributed by atoms with Crippen LogP contribution in [0.3, 0.4) is 0 Å². The Hall–Kier alpha value is -3.86. The van der Waals surface area contributed by atoms with Crippen LogP contribution < -0.4 is 14.5 Å². The highest BCUT2D eigenvalue weighted by molar-refractivity contribution is 6.01. The molecule has 6 rings (SSSR count). The second-order valence-electron chi connectivity index (χ2n) is 9.99. The monoisotopic (exact) mass is 504 g/mol. The molecule has 1 aromatic carbocycles. The predicted octanol–water partition coefficient (Wildman–Crippen LogP) is 2.95. The molecule has 0 saturated carbocycles. The number of likely N-dealkylation sites (N-methyl/N-ethyl adjacent to an activating group) is 1. The SMILES string of the molecule is CC(=O)N(CC1(F)CCN(C)CC1)c1cccc2ccc(-c3nnc4c5c(cnn34)N(C)CCO5)nc12. The van der Waals surface area contributed by atoms with E-state index in [1.54, 1.807) is 10.7 Å². The summed E-state index contributed by atoms with van der Waals surface area (Å²) in [6, 6.07) is 9.38. The largest absolute Gasteiger partial charge is 0.486 e. The normalized spacial score (nSPS) is 17.6. The predicted molar refractivity (Wildman–Crippen MR) is 139 cm³/mol. The number of hydrogen-bond acceptors (Lipinski definition) is 8. The number of benzene rings is 1. The van der Waals surface area contributed by atoms with E-state index in [0.717, 1.165) is 17.6 Å². The van der Waals surface area contributed by atoms with E-state index >= 15 is 4.39 Å². The zero-order valence-electron chi connectivity index (χ0n) is 21.2. The number of carbonyl (C=O) groups excluding carboxylic acids is 1. The molecule has 4 aromatic rings. The number of anilines is 2. The van der Waals surface area contributed by atoms with E-state index < -0.39 is 5.67 Å². The van der Waals surface area contributed by atoms with Gasteiger partial charge in [-0.05, 0) is 32.0 Å². The van der Waals surface area contributed by atoms with Crippen LogP contribution in [0.5, 0.6) is 5.75 Å². The van der Waals surface area contributed by atoms with Crippen LogP contribution in [0.25, 0.3) is 28.1 Å². The topological polar surface area (TPSA) is 92.0 Å². The first-order chi connectivity index (χ1) is 17.8. The second kappa shape index (κ2) is 8.91. The molecule has 2 aliphatic heterocycles. The van der Waals surface area contributed by atoms with Gasteiger partial charge in [0.15, 0.2) is 5.75 Å². The third-order valence-electron chi connectivity index (χ3n) is 7.38. The van der Waals surface area contributed by atoms with Gasteiger partial charge in [0.2, 0.25) is 17.4 Å². The van der Waals surface area contributed by atoms with E-state index in [1.807, 2.05) is 44.4 Å². The number of pyridine rings is 1. The summed E-state index contributed by atoms with van der Waals surface area (Å²) in [5.74, 6) is 0.870. The number of hydrogen-bond donors (Lipinski definition) is 0. The molecule has 2 aliphatic rings. The molecule has 192 valence electrons. The first-order valence-electron chi connectivity index (χ1n) is 12.5. The molecule has 5 heterocycles. The lowest BCUT2D eigenvalue weighted by Gasteiger charge is -2.37. The minimum absolute atomic E-state index is 0.00634. The Morgan fingerprint density at radius 3 is 2.73 bits per heavy atom. The number of aromatic nitrogens is 5. The summed E-state index contributed by atoms with van der Waals surface area (Å²) in [4.78, 5) is 23.4. The maximum atomic E-state index is 15.8. The molecule has 0 radical (unpaired) electrons. The van der Waals surface area contributed by atoms with E-state index in [1.165, 1.54) is 11.8 Å². The Bertz CT molecular complexity index is 1500. The van der Waals surface area contributed by atoms with Gasteiger partial charge in [0.05, 0.1) is 30.5 Å². The summed E-state index contributed by atoms with van der Waals surface area (Å²) < 4.78 is 23.3. The molecular formula is C26H29FN8O2. The minimum atomic E-state index is -1.45. The number of ether oxygens (including phenoxy) is 1. The van der Waals surface area contributed by atoms with Gasteiger partial charge in [-0.1, -0.05) is 18.2 Å². The van der Waals surface area contributed by atoms with E-state index in [4.69, 9.17) is 9.72 Å². The minimum Gasteiger partial charge on any atom is -0.486 e. The average molecular weight is 505 g/mol. The maximum Gasteiger partial charge on any atom is 0.224 e. The van der Waals surface area contributed by atoms with Crippen LogP contribution in [0.1, 0.15) is 19.8 Å². The fourth-order valence-corrected chi connectivity index (χ4v) is 5.09. The molecule has 0 bridgehead atoms. The maximum absolute atomic E-state index is 15.8. The van der Waals surface area contributed by atoms with Gasteiger partial charge in [0, 0.05) is 32.4 Å². The lowest BCUT2D eigenvalue weighted by molar-refractivity contribution is -0.117. The van der Waals surface area contributed by atoms with Crippen molar-refractivity contribution < 1.29 is 13.9 Å². The van der Waals surface area contributed by atoms with Crippen LogP contribution in [-0.2, 0) is 4.79 Å². The lowest BCUT2D eigenvalue weighted by Crippen LogP contribution is -2.48. The van der Waals surface area contributed by atoms with Gasteiger partial charge >= 0.3 is 0 Å². The fraction of sp³-hybridized carbons (Fsp3) is 0.423. The van der Waals surface area contributed by atoms with Gasteiger partial charge in [-0.15, -0.1) is 10.2 Å². The van der Waals surface area contributed by atoms with Gasteiger partial charge in [-0.2, -0.15) is 9.61 Å². The molecule has 0 N–H and O–H groups in total. The zero-order valence-corrected chi connectivity index (χ0v) is 21.2. The van der Waals surface area contributed by atoms with Crippen LogP contribution >= 0.6 is 0 Å². The third-order valence-corrected chi connectivity index (χ3v) is 7.38. The number of para-hydroxylation sites is 1. The van der Waals surface area contributed by atoms with E-state index in [0.29, 0.717) is 66.7 Å². The number of carbonyl (C=O) groups is 1. The molecule has 1 amide bonds. The number of amides is 1. The Kier molecular flexibility index (Phi) is 5.67. The van der Waals surface area contributed by atoms with Crippen molar-refractivity contribution in [3.05, 3.63) is 36.5 Å². The molecule has 0 aliphatic carbocycles. The quantitative estimate of drug-likeness (QED) is 0.419. The van der Waals surface area contributed by atoms with Crippen molar-refractivity contribution in [2.75, 3.05) is 56.7 Å². The smallest absolute Gasteiger partial charge is 0.224 e. The number of likely N-dealkylation sites (tertiary alicyclic amines) is 1.